The molecule has 1 amide bonds. The third-order valence-corrected chi connectivity index (χ3v) is 4.63. The predicted molar refractivity (Wildman–Crippen MR) is 75.5 cm³/mol. The van der Waals surface area contributed by atoms with Crippen LogP contribution in [-0.4, -0.2) is 49.0 Å². The summed E-state index contributed by atoms with van der Waals surface area (Å²) in [6.45, 7) is 0.890. The fourth-order valence-corrected chi connectivity index (χ4v) is 3.50. The van der Waals surface area contributed by atoms with Crippen LogP contribution in [-0.2, 0) is 21.2 Å². The Bertz CT molecular complexity index is 559. The number of amides is 1. The van der Waals surface area contributed by atoms with Gasteiger partial charge in [-0.15, -0.1) is 0 Å². The zero-order valence-electron chi connectivity index (χ0n) is 11.4. The molecule has 1 aliphatic heterocycles. The van der Waals surface area contributed by atoms with Gasteiger partial charge < -0.3 is 5.32 Å². The van der Waals surface area contributed by atoms with Crippen molar-refractivity contribution in [1.29, 1.82) is 0 Å². The molecule has 6 nitrogen and oxygen atoms in total. The number of nitrogens with one attached hydrogen (secondary N) is 1. The summed E-state index contributed by atoms with van der Waals surface area (Å²) in [6.07, 6.45) is 4.80. The van der Waals surface area contributed by atoms with E-state index in [0.717, 1.165) is 18.4 Å². The molecule has 0 aliphatic carbocycles. The van der Waals surface area contributed by atoms with Crippen LogP contribution in [0.1, 0.15) is 18.5 Å². The molecule has 2 heterocycles. The van der Waals surface area contributed by atoms with E-state index in [9.17, 15) is 13.2 Å². The highest BCUT2D eigenvalue weighted by molar-refractivity contribution is 7.88. The van der Waals surface area contributed by atoms with Crippen molar-refractivity contribution in [2.75, 3.05) is 19.3 Å². The lowest BCUT2D eigenvalue weighted by atomic mass is 10.2. The second-order valence-electron chi connectivity index (χ2n) is 4.89. The summed E-state index contributed by atoms with van der Waals surface area (Å²) in [5, 5.41) is 2.79. The third kappa shape index (κ3) is 3.77. The zero-order valence-corrected chi connectivity index (χ0v) is 12.3. The average molecular weight is 297 g/mol. The number of pyridine rings is 1. The summed E-state index contributed by atoms with van der Waals surface area (Å²) in [7, 11) is -3.31. The Morgan fingerprint density at radius 1 is 1.50 bits per heavy atom. The van der Waals surface area contributed by atoms with Crippen molar-refractivity contribution in [3.05, 3.63) is 30.1 Å². The lowest BCUT2D eigenvalue weighted by molar-refractivity contribution is -0.124. The Kier molecular flexibility index (Phi) is 4.72. The van der Waals surface area contributed by atoms with Gasteiger partial charge in [0.1, 0.15) is 6.04 Å². The molecule has 20 heavy (non-hydrogen) atoms. The van der Waals surface area contributed by atoms with Crippen LogP contribution >= 0.6 is 0 Å². The number of hydrogen-bond donors (Lipinski definition) is 1. The summed E-state index contributed by atoms with van der Waals surface area (Å²) in [5.74, 6) is -0.219. The minimum Gasteiger partial charge on any atom is -0.354 e. The second kappa shape index (κ2) is 6.32. The number of aromatic nitrogens is 1. The summed E-state index contributed by atoms with van der Waals surface area (Å²) in [5.41, 5.74) is 0.902. The van der Waals surface area contributed by atoms with E-state index in [4.69, 9.17) is 0 Å². The Hall–Kier alpha value is -1.47. The number of nitrogens with zero attached hydrogens (tertiary/aromatic N) is 2. The molecular formula is C13H19N3O3S. The Labute approximate surface area is 119 Å². The highest BCUT2D eigenvalue weighted by atomic mass is 32.2. The maximum atomic E-state index is 12.1. The minimum atomic E-state index is -3.31. The van der Waals surface area contributed by atoms with Crippen LogP contribution in [0.2, 0.25) is 0 Å². The summed E-state index contributed by atoms with van der Waals surface area (Å²) >= 11 is 0. The standard InChI is InChI=1S/C13H19N3O3S/c1-20(18,19)16-10-4-6-12(16)13(17)15-9-7-11-5-2-3-8-14-11/h2-3,5,8,12H,4,6-7,9-10H2,1H3,(H,15,17)/t12-/m0/s1. The monoisotopic (exact) mass is 297 g/mol. The summed E-state index contributed by atoms with van der Waals surface area (Å²) in [4.78, 5) is 16.2. The number of sulfonamides is 1. The van der Waals surface area contributed by atoms with E-state index in [0.29, 0.717) is 25.9 Å². The van der Waals surface area contributed by atoms with Gasteiger partial charge >= 0.3 is 0 Å². The maximum Gasteiger partial charge on any atom is 0.238 e. The summed E-state index contributed by atoms with van der Waals surface area (Å²) in [6, 6.07) is 5.07. The van der Waals surface area contributed by atoms with Gasteiger partial charge in [0.25, 0.3) is 0 Å². The van der Waals surface area contributed by atoms with Gasteiger partial charge in [0.2, 0.25) is 15.9 Å². The van der Waals surface area contributed by atoms with E-state index in [1.165, 1.54) is 4.31 Å². The molecule has 1 N–H and O–H groups in total. The molecule has 1 aromatic heterocycles. The predicted octanol–water partition coefficient (Wildman–Crippen LogP) is 0.164. The number of carbonyl (C=O) groups excluding carboxylic acids is 1. The van der Waals surface area contributed by atoms with Crippen molar-refractivity contribution >= 4 is 15.9 Å². The van der Waals surface area contributed by atoms with E-state index in [1.54, 1.807) is 6.20 Å². The molecular weight excluding hydrogens is 278 g/mol. The van der Waals surface area contributed by atoms with Crippen LogP contribution in [0.4, 0.5) is 0 Å². The molecule has 0 saturated carbocycles. The summed E-state index contributed by atoms with van der Waals surface area (Å²) < 4.78 is 24.4. The van der Waals surface area contributed by atoms with Crippen LogP contribution in [0.15, 0.2) is 24.4 Å². The first-order valence-electron chi connectivity index (χ1n) is 6.63. The molecule has 0 spiro atoms. The SMILES string of the molecule is CS(=O)(=O)N1CCC[C@H]1C(=O)NCCc1ccccn1. The molecule has 1 saturated heterocycles. The van der Waals surface area contributed by atoms with E-state index in [-0.39, 0.29) is 5.91 Å². The van der Waals surface area contributed by atoms with Crippen molar-refractivity contribution in [3.63, 3.8) is 0 Å². The van der Waals surface area contributed by atoms with Crippen molar-refractivity contribution in [3.8, 4) is 0 Å². The van der Waals surface area contributed by atoms with Gasteiger partial charge in [-0.2, -0.15) is 4.31 Å². The fourth-order valence-electron chi connectivity index (χ4n) is 2.38. The van der Waals surface area contributed by atoms with Crippen LogP contribution < -0.4 is 5.32 Å². The smallest absolute Gasteiger partial charge is 0.238 e. The number of hydrogen-bond acceptors (Lipinski definition) is 4. The van der Waals surface area contributed by atoms with Crippen molar-refractivity contribution in [2.24, 2.45) is 0 Å². The maximum absolute atomic E-state index is 12.1. The number of carbonyl (C=O) groups is 1. The topological polar surface area (TPSA) is 79.4 Å². The Balaban J connectivity index is 1.86. The van der Waals surface area contributed by atoms with Crippen LogP contribution in [0.3, 0.4) is 0 Å². The fraction of sp³-hybridized carbons (Fsp3) is 0.538. The van der Waals surface area contributed by atoms with Crippen molar-refractivity contribution in [1.82, 2.24) is 14.6 Å². The molecule has 1 fully saturated rings. The van der Waals surface area contributed by atoms with E-state index >= 15 is 0 Å². The Morgan fingerprint density at radius 2 is 2.30 bits per heavy atom. The van der Waals surface area contributed by atoms with Crippen LogP contribution in [0.25, 0.3) is 0 Å². The second-order valence-corrected chi connectivity index (χ2v) is 6.83. The lowest BCUT2D eigenvalue weighted by Gasteiger charge is -2.21. The van der Waals surface area contributed by atoms with Gasteiger partial charge in [0.05, 0.1) is 6.26 Å². The third-order valence-electron chi connectivity index (χ3n) is 3.34. The van der Waals surface area contributed by atoms with Gasteiger partial charge in [-0.3, -0.25) is 9.78 Å². The van der Waals surface area contributed by atoms with Crippen molar-refractivity contribution < 1.29 is 13.2 Å². The zero-order chi connectivity index (χ0) is 14.6. The van der Waals surface area contributed by atoms with Crippen LogP contribution in [0.5, 0.6) is 0 Å². The van der Waals surface area contributed by atoms with Gasteiger partial charge in [-0.05, 0) is 25.0 Å². The molecule has 0 unspecified atom stereocenters. The first-order valence-corrected chi connectivity index (χ1v) is 8.48. The largest absolute Gasteiger partial charge is 0.354 e. The highest BCUT2D eigenvalue weighted by Gasteiger charge is 2.36. The molecule has 0 aromatic carbocycles. The Morgan fingerprint density at radius 3 is 2.95 bits per heavy atom. The van der Waals surface area contributed by atoms with Gasteiger partial charge in [-0.1, -0.05) is 6.07 Å². The molecule has 1 aliphatic rings. The first kappa shape index (κ1) is 14.9. The molecule has 0 radical (unpaired) electrons. The van der Waals surface area contributed by atoms with Crippen molar-refractivity contribution in [2.45, 2.75) is 25.3 Å². The molecule has 2 rings (SSSR count). The minimum absolute atomic E-state index is 0.219. The quantitative estimate of drug-likeness (QED) is 0.840. The average Bonchev–Trinajstić information content (AvgIpc) is 2.89. The van der Waals surface area contributed by atoms with E-state index in [2.05, 4.69) is 10.3 Å². The van der Waals surface area contributed by atoms with Gasteiger partial charge in [-0.25, -0.2) is 8.42 Å². The molecule has 1 aromatic rings. The van der Waals surface area contributed by atoms with E-state index < -0.39 is 16.1 Å². The molecule has 1 atom stereocenters. The van der Waals surface area contributed by atoms with Crippen LogP contribution in [0, 0.1) is 0 Å². The highest BCUT2D eigenvalue weighted by Crippen LogP contribution is 2.20. The van der Waals surface area contributed by atoms with E-state index in [1.807, 2.05) is 18.2 Å². The number of rotatable bonds is 5. The first-order chi connectivity index (χ1) is 9.48. The lowest BCUT2D eigenvalue weighted by Crippen LogP contribution is -2.45. The molecule has 7 heteroatoms. The molecule has 110 valence electrons. The van der Waals surface area contributed by atoms with Gasteiger partial charge in [0.15, 0.2) is 0 Å². The van der Waals surface area contributed by atoms with Gasteiger partial charge in [0, 0.05) is 31.4 Å². The molecule has 0 bridgehead atoms. The normalized spacial score (nSPS) is 19.9.